The summed E-state index contributed by atoms with van der Waals surface area (Å²) >= 11 is 12.6. The van der Waals surface area contributed by atoms with E-state index in [1.54, 1.807) is 6.07 Å². The van der Waals surface area contributed by atoms with Crippen molar-refractivity contribution in [3.8, 4) is 0 Å². The first-order valence-electron chi connectivity index (χ1n) is 12.0. The summed E-state index contributed by atoms with van der Waals surface area (Å²) in [4.78, 5) is 15.0. The van der Waals surface area contributed by atoms with Gasteiger partial charge < -0.3 is 4.90 Å². The molecule has 0 saturated carbocycles. The Labute approximate surface area is 218 Å². The fourth-order valence-electron chi connectivity index (χ4n) is 5.64. The molecule has 5 rings (SSSR count). The van der Waals surface area contributed by atoms with Gasteiger partial charge in [0.2, 0.25) is 0 Å². The van der Waals surface area contributed by atoms with Gasteiger partial charge in [-0.05, 0) is 76.7 Å². The number of halogens is 3. The highest BCUT2D eigenvalue weighted by Crippen LogP contribution is 2.34. The molecule has 0 amide bonds. The lowest BCUT2D eigenvalue weighted by Gasteiger charge is -2.45. The predicted octanol–water partition coefficient (Wildman–Crippen LogP) is 6.17. The fraction of sp³-hybridized carbons (Fsp3) is 0.560. The van der Waals surface area contributed by atoms with Gasteiger partial charge in [0.15, 0.2) is 5.65 Å². The number of aromatic nitrogens is 4. The van der Waals surface area contributed by atoms with Gasteiger partial charge in [0.1, 0.15) is 11.3 Å². The van der Waals surface area contributed by atoms with E-state index in [-0.39, 0.29) is 18.4 Å². The number of likely N-dealkylation sites (tertiary alicyclic amines) is 1. The van der Waals surface area contributed by atoms with Crippen LogP contribution in [-0.2, 0) is 0 Å². The zero-order valence-corrected chi connectivity index (χ0v) is 22.5. The number of piperidine rings is 1. The molecule has 4 atom stereocenters. The summed E-state index contributed by atoms with van der Waals surface area (Å²) in [6.07, 6.45) is 5.75. The lowest BCUT2D eigenvalue weighted by Crippen LogP contribution is -2.53. The first kappa shape index (κ1) is 25.5. The number of fused-ring (bicyclic) bond motifs is 1. The van der Waals surface area contributed by atoms with Crippen molar-refractivity contribution in [1.29, 1.82) is 0 Å². The van der Waals surface area contributed by atoms with E-state index < -0.39 is 0 Å². The molecule has 1 unspecified atom stereocenters. The molecule has 2 aromatic heterocycles. The highest BCUT2D eigenvalue weighted by atomic mass is 35.5. The second-order valence-electron chi connectivity index (χ2n) is 9.80. The summed E-state index contributed by atoms with van der Waals surface area (Å²) in [7, 11) is 0. The third kappa shape index (κ3) is 4.62. The third-order valence-electron chi connectivity index (χ3n) is 7.50. The van der Waals surface area contributed by atoms with E-state index in [2.05, 4.69) is 30.6 Å². The number of hydrogen-bond acceptors (Lipinski definition) is 5. The van der Waals surface area contributed by atoms with Gasteiger partial charge >= 0.3 is 0 Å². The van der Waals surface area contributed by atoms with Gasteiger partial charge in [0.25, 0.3) is 0 Å². The molecule has 34 heavy (non-hydrogen) atoms. The fourth-order valence-corrected chi connectivity index (χ4v) is 6.21. The summed E-state index contributed by atoms with van der Waals surface area (Å²) in [5, 5.41) is 6.05. The van der Waals surface area contributed by atoms with Crippen LogP contribution in [0.2, 0.25) is 10.0 Å². The minimum atomic E-state index is -0.0900. The standard InChI is InChI=1S/C25H32Cl2N6.ClH/c1-15-14-32(16(2)11-22(15)31-9-5-6-10-31)23-13-28-24-17(3)30-33(25(24)29-23)18(4)20-8-7-19(26)12-21(20)27;/h7-8,12-13,15-16,18,22H,5-6,9-11,14H2,1-4H3;1H/t15-,16+,18?,22+;/m1./s1. The maximum Gasteiger partial charge on any atom is 0.179 e. The van der Waals surface area contributed by atoms with Gasteiger partial charge in [0, 0.05) is 28.7 Å². The highest BCUT2D eigenvalue weighted by Gasteiger charge is 2.36. The molecule has 9 heteroatoms. The quantitative estimate of drug-likeness (QED) is 0.409. The molecule has 2 saturated heterocycles. The van der Waals surface area contributed by atoms with Crippen LogP contribution in [0.3, 0.4) is 0 Å². The lowest BCUT2D eigenvalue weighted by atomic mass is 9.88. The van der Waals surface area contributed by atoms with Crippen LogP contribution in [-0.4, -0.2) is 56.4 Å². The van der Waals surface area contributed by atoms with Crippen molar-refractivity contribution in [3.05, 3.63) is 45.7 Å². The number of rotatable bonds is 4. The van der Waals surface area contributed by atoms with Gasteiger partial charge in [-0.2, -0.15) is 5.10 Å². The second-order valence-corrected chi connectivity index (χ2v) is 10.6. The van der Waals surface area contributed by atoms with Gasteiger partial charge in [0.05, 0.1) is 17.9 Å². The Morgan fingerprint density at radius 1 is 1.12 bits per heavy atom. The Morgan fingerprint density at radius 2 is 1.85 bits per heavy atom. The van der Waals surface area contributed by atoms with Gasteiger partial charge in [-0.15, -0.1) is 12.4 Å². The van der Waals surface area contributed by atoms with E-state index >= 15 is 0 Å². The molecule has 4 heterocycles. The van der Waals surface area contributed by atoms with Gasteiger partial charge in [-0.3, -0.25) is 4.90 Å². The van der Waals surface area contributed by atoms with Crippen molar-refractivity contribution >= 4 is 52.6 Å². The zero-order chi connectivity index (χ0) is 23.3. The molecule has 2 aliphatic heterocycles. The average molecular weight is 524 g/mol. The van der Waals surface area contributed by atoms with Crippen LogP contribution in [0.4, 0.5) is 5.82 Å². The average Bonchev–Trinajstić information content (AvgIpc) is 3.43. The van der Waals surface area contributed by atoms with Crippen molar-refractivity contribution in [2.75, 3.05) is 24.5 Å². The zero-order valence-electron chi connectivity index (χ0n) is 20.2. The van der Waals surface area contributed by atoms with Crippen molar-refractivity contribution in [3.63, 3.8) is 0 Å². The molecule has 2 fully saturated rings. The summed E-state index contributed by atoms with van der Waals surface area (Å²) in [6, 6.07) is 6.59. The monoisotopic (exact) mass is 522 g/mol. The van der Waals surface area contributed by atoms with E-state index in [0.717, 1.165) is 41.2 Å². The van der Waals surface area contributed by atoms with Gasteiger partial charge in [-0.25, -0.2) is 14.6 Å². The number of nitrogens with zero attached hydrogens (tertiary/aromatic N) is 6. The number of benzene rings is 1. The third-order valence-corrected chi connectivity index (χ3v) is 8.06. The van der Waals surface area contributed by atoms with Crippen LogP contribution in [0.25, 0.3) is 11.2 Å². The molecule has 184 valence electrons. The van der Waals surface area contributed by atoms with Crippen molar-refractivity contribution in [1.82, 2.24) is 24.6 Å². The smallest absolute Gasteiger partial charge is 0.179 e. The predicted molar refractivity (Wildman–Crippen MR) is 143 cm³/mol. The molecule has 0 spiro atoms. The topological polar surface area (TPSA) is 50.1 Å². The summed E-state index contributed by atoms with van der Waals surface area (Å²) in [5.41, 5.74) is 3.47. The first-order valence-corrected chi connectivity index (χ1v) is 12.8. The van der Waals surface area contributed by atoms with Crippen LogP contribution in [0.1, 0.15) is 57.3 Å². The molecule has 1 aromatic carbocycles. The van der Waals surface area contributed by atoms with E-state index in [1.165, 1.54) is 25.9 Å². The van der Waals surface area contributed by atoms with E-state index in [4.69, 9.17) is 38.3 Å². The Morgan fingerprint density at radius 3 is 2.56 bits per heavy atom. The Kier molecular flexibility index (Phi) is 7.63. The minimum absolute atomic E-state index is 0. The molecular weight excluding hydrogens is 491 g/mol. The molecule has 0 bridgehead atoms. The summed E-state index contributed by atoms with van der Waals surface area (Å²) in [6.45, 7) is 12.3. The van der Waals surface area contributed by atoms with Crippen molar-refractivity contribution in [2.24, 2.45) is 5.92 Å². The van der Waals surface area contributed by atoms with E-state index in [9.17, 15) is 0 Å². The van der Waals surface area contributed by atoms with E-state index in [0.29, 0.717) is 28.0 Å². The minimum Gasteiger partial charge on any atom is -0.352 e. The summed E-state index contributed by atoms with van der Waals surface area (Å²) in [5.74, 6) is 1.52. The molecule has 0 N–H and O–H groups in total. The first-order chi connectivity index (χ1) is 15.8. The lowest BCUT2D eigenvalue weighted by molar-refractivity contribution is 0.143. The normalized spacial score (nSPS) is 24.4. The second kappa shape index (κ2) is 10.2. The van der Waals surface area contributed by atoms with Crippen molar-refractivity contribution < 1.29 is 0 Å². The van der Waals surface area contributed by atoms with Gasteiger partial charge in [-0.1, -0.05) is 36.2 Å². The van der Waals surface area contributed by atoms with Crippen LogP contribution < -0.4 is 4.90 Å². The molecule has 3 aromatic rings. The SMILES string of the molecule is Cc1nn(C(C)c2ccc(Cl)cc2Cl)c2nc(N3C[C@@H](C)[C@@H](N4CCCC4)C[C@@H]3C)cnc12.Cl. The summed E-state index contributed by atoms with van der Waals surface area (Å²) < 4.78 is 1.95. The Hall–Kier alpha value is -1.60. The Balaban J connectivity index is 0.00000274. The molecule has 0 aliphatic carbocycles. The van der Waals surface area contributed by atoms with E-state index in [1.807, 2.05) is 29.9 Å². The Bertz CT molecular complexity index is 1160. The van der Waals surface area contributed by atoms with Crippen LogP contribution in [0.5, 0.6) is 0 Å². The van der Waals surface area contributed by atoms with Crippen LogP contribution in [0.15, 0.2) is 24.4 Å². The van der Waals surface area contributed by atoms with Crippen LogP contribution in [0, 0.1) is 12.8 Å². The molecule has 2 aliphatic rings. The molecular formula is C25H33Cl3N6. The number of hydrogen-bond donors (Lipinski definition) is 0. The molecule has 0 radical (unpaired) electrons. The number of anilines is 1. The highest BCUT2D eigenvalue weighted by molar-refractivity contribution is 6.35. The maximum absolute atomic E-state index is 6.51. The van der Waals surface area contributed by atoms with Crippen molar-refractivity contribution in [2.45, 2.75) is 65.1 Å². The largest absolute Gasteiger partial charge is 0.352 e. The maximum atomic E-state index is 6.51. The molecule has 6 nitrogen and oxygen atoms in total. The number of aryl methyl sites for hydroxylation is 1. The van der Waals surface area contributed by atoms with Crippen LogP contribution >= 0.6 is 35.6 Å².